The third kappa shape index (κ3) is 5.10. The molecule has 4 heterocycles. The van der Waals surface area contributed by atoms with E-state index in [-0.39, 0.29) is 11.9 Å². The molecule has 0 saturated carbocycles. The van der Waals surface area contributed by atoms with Crippen LogP contribution < -0.4 is 16.0 Å². The van der Waals surface area contributed by atoms with Crippen LogP contribution in [0.3, 0.4) is 0 Å². The number of carbonyl (C=O) groups excluding carboxylic acids is 1. The Morgan fingerprint density at radius 3 is 2.59 bits per heavy atom. The number of hydrogen-bond acceptors (Lipinski definition) is 9. The van der Waals surface area contributed by atoms with E-state index in [1.54, 1.807) is 19.4 Å². The zero-order valence-corrected chi connectivity index (χ0v) is 18.3. The lowest BCUT2D eigenvalue weighted by Crippen LogP contribution is -2.37. The van der Waals surface area contributed by atoms with E-state index in [4.69, 9.17) is 20.4 Å². The fourth-order valence-corrected chi connectivity index (χ4v) is 3.71. The fraction of sp³-hybridized carbons (Fsp3) is 0.524. The molecular formula is C21H29N9O2. The minimum atomic E-state index is 0.0946. The summed E-state index contributed by atoms with van der Waals surface area (Å²) in [5.41, 5.74) is 8.62. The van der Waals surface area contributed by atoms with Crippen molar-refractivity contribution in [1.29, 1.82) is 0 Å². The molecule has 11 heteroatoms. The van der Waals surface area contributed by atoms with Gasteiger partial charge < -0.3 is 25.3 Å². The number of anilines is 2. The Balaban J connectivity index is 1.55. The molecule has 1 aliphatic rings. The minimum Gasteiger partial charge on any atom is -0.378 e. The predicted octanol–water partition coefficient (Wildman–Crippen LogP) is 1.40. The molecule has 0 atom stereocenters. The van der Waals surface area contributed by atoms with Gasteiger partial charge in [0.2, 0.25) is 17.8 Å². The van der Waals surface area contributed by atoms with E-state index < -0.39 is 0 Å². The lowest BCUT2D eigenvalue weighted by molar-refractivity contribution is -0.120. The molecule has 0 bridgehead atoms. The number of morpholine rings is 1. The van der Waals surface area contributed by atoms with Crippen molar-refractivity contribution in [3.05, 3.63) is 18.7 Å². The average Bonchev–Trinajstić information content (AvgIpc) is 3.24. The van der Waals surface area contributed by atoms with Crippen LogP contribution in [0.1, 0.15) is 32.1 Å². The smallest absolute Gasteiger partial charge is 0.228 e. The number of nitrogens with one attached hydrogen (secondary N) is 1. The van der Waals surface area contributed by atoms with Crippen LogP contribution in [0.5, 0.6) is 0 Å². The molecule has 0 radical (unpaired) electrons. The molecule has 3 N–H and O–H groups in total. The maximum atomic E-state index is 11.3. The molecule has 4 rings (SSSR count). The van der Waals surface area contributed by atoms with Gasteiger partial charge in [0.1, 0.15) is 11.2 Å². The molecule has 11 nitrogen and oxygen atoms in total. The Labute approximate surface area is 186 Å². The minimum absolute atomic E-state index is 0.0946. The Kier molecular flexibility index (Phi) is 7.05. The van der Waals surface area contributed by atoms with Crippen LogP contribution in [0.4, 0.5) is 11.9 Å². The lowest BCUT2D eigenvalue weighted by Gasteiger charge is -2.27. The number of aryl methyl sites for hydroxylation is 1. The maximum absolute atomic E-state index is 11.3. The Bertz CT molecular complexity index is 1050. The van der Waals surface area contributed by atoms with Gasteiger partial charge in [0, 0.05) is 51.1 Å². The second-order valence-corrected chi connectivity index (χ2v) is 7.75. The molecule has 1 aliphatic heterocycles. The number of fused-ring (bicyclic) bond motifs is 1. The van der Waals surface area contributed by atoms with E-state index in [0.29, 0.717) is 31.3 Å². The number of amides is 1. The predicted molar refractivity (Wildman–Crippen MR) is 121 cm³/mol. The second-order valence-electron chi connectivity index (χ2n) is 7.75. The van der Waals surface area contributed by atoms with Crippen molar-refractivity contribution in [2.24, 2.45) is 0 Å². The number of hydrogen-bond donors (Lipinski definition) is 2. The van der Waals surface area contributed by atoms with Crippen LogP contribution in [0, 0.1) is 0 Å². The number of imidazole rings is 1. The highest BCUT2D eigenvalue weighted by Gasteiger charge is 2.20. The molecule has 3 aromatic heterocycles. The fourth-order valence-electron chi connectivity index (χ4n) is 3.71. The molecule has 0 unspecified atom stereocenters. The van der Waals surface area contributed by atoms with E-state index in [1.807, 2.05) is 6.33 Å². The highest BCUT2D eigenvalue weighted by Crippen LogP contribution is 2.27. The highest BCUT2D eigenvalue weighted by atomic mass is 16.5. The van der Waals surface area contributed by atoms with Gasteiger partial charge in [-0.25, -0.2) is 19.9 Å². The summed E-state index contributed by atoms with van der Waals surface area (Å²) < 4.78 is 7.55. The van der Waals surface area contributed by atoms with Crippen molar-refractivity contribution < 1.29 is 9.53 Å². The van der Waals surface area contributed by atoms with Gasteiger partial charge in [0.15, 0.2) is 5.65 Å². The summed E-state index contributed by atoms with van der Waals surface area (Å²) >= 11 is 0. The molecule has 0 spiro atoms. The topological polar surface area (TPSA) is 137 Å². The van der Waals surface area contributed by atoms with E-state index in [2.05, 4.69) is 29.7 Å². The Morgan fingerprint density at radius 1 is 1.09 bits per heavy atom. The number of carbonyl (C=O) groups is 1. The first-order valence-electron chi connectivity index (χ1n) is 11.0. The normalized spacial score (nSPS) is 14.1. The molecule has 0 aliphatic carbocycles. The molecule has 3 aromatic rings. The van der Waals surface area contributed by atoms with Crippen LogP contribution in [-0.4, -0.2) is 68.7 Å². The first-order chi connectivity index (χ1) is 15.7. The van der Waals surface area contributed by atoms with Crippen molar-refractivity contribution in [1.82, 2.24) is 34.8 Å². The molecule has 1 saturated heterocycles. The molecule has 170 valence electrons. The zero-order valence-electron chi connectivity index (χ0n) is 18.3. The third-order valence-corrected chi connectivity index (χ3v) is 5.52. The van der Waals surface area contributed by atoms with Gasteiger partial charge in [-0.1, -0.05) is 12.8 Å². The quantitative estimate of drug-likeness (QED) is 0.474. The Morgan fingerprint density at radius 2 is 1.84 bits per heavy atom. The van der Waals surface area contributed by atoms with Crippen LogP contribution in [0.2, 0.25) is 0 Å². The highest BCUT2D eigenvalue weighted by molar-refractivity contribution is 5.88. The lowest BCUT2D eigenvalue weighted by atomic mass is 10.1. The summed E-state index contributed by atoms with van der Waals surface area (Å²) in [5, 5.41) is 2.66. The van der Waals surface area contributed by atoms with Crippen molar-refractivity contribution >= 4 is 29.0 Å². The van der Waals surface area contributed by atoms with E-state index in [0.717, 1.165) is 62.0 Å². The third-order valence-electron chi connectivity index (χ3n) is 5.52. The summed E-state index contributed by atoms with van der Waals surface area (Å²) in [6, 6.07) is 0. The van der Waals surface area contributed by atoms with E-state index in [9.17, 15) is 4.79 Å². The van der Waals surface area contributed by atoms with Gasteiger partial charge in [0.05, 0.1) is 19.5 Å². The SMILES string of the molecule is CNC(=O)CCCCCCn1cnc2c(-c3cnc(N)nc3)nc(N3CCOCC3)nc21. The van der Waals surface area contributed by atoms with Crippen LogP contribution in [-0.2, 0) is 16.1 Å². The maximum Gasteiger partial charge on any atom is 0.228 e. The summed E-state index contributed by atoms with van der Waals surface area (Å²) in [4.78, 5) is 36.0. The van der Waals surface area contributed by atoms with E-state index >= 15 is 0 Å². The van der Waals surface area contributed by atoms with Crippen molar-refractivity contribution in [3.63, 3.8) is 0 Å². The van der Waals surface area contributed by atoms with Gasteiger partial charge in [-0.15, -0.1) is 0 Å². The first kappa shape index (κ1) is 21.9. The number of ether oxygens (including phenoxy) is 1. The number of unbranched alkanes of at least 4 members (excludes halogenated alkanes) is 3. The van der Waals surface area contributed by atoms with Crippen LogP contribution in [0.15, 0.2) is 18.7 Å². The standard InChI is InChI=1S/C21H29N9O2/c1-23-16(31)6-4-2-3-5-7-30-14-26-18-17(15-12-24-20(22)25-13-15)27-21(28-19(18)30)29-8-10-32-11-9-29/h12-14H,2-11H2,1H3,(H,23,31)(H2,22,24,25). The van der Waals surface area contributed by atoms with Gasteiger partial charge in [-0.3, -0.25) is 4.79 Å². The largest absolute Gasteiger partial charge is 0.378 e. The zero-order chi connectivity index (χ0) is 22.3. The van der Waals surface area contributed by atoms with Gasteiger partial charge in [-0.2, -0.15) is 4.98 Å². The monoisotopic (exact) mass is 439 g/mol. The molecule has 32 heavy (non-hydrogen) atoms. The number of nitrogens with two attached hydrogens (primary N) is 1. The van der Waals surface area contributed by atoms with Crippen LogP contribution in [0.25, 0.3) is 22.4 Å². The van der Waals surface area contributed by atoms with Gasteiger partial charge in [-0.05, 0) is 12.8 Å². The van der Waals surface area contributed by atoms with Gasteiger partial charge in [0.25, 0.3) is 0 Å². The number of nitrogen functional groups attached to an aromatic ring is 1. The molecular weight excluding hydrogens is 410 g/mol. The van der Waals surface area contributed by atoms with E-state index in [1.165, 1.54) is 0 Å². The molecule has 1 amide bonds. The Hall–Kier alpha value is -3.34. The van der Waals surface area contributed by atoms with Crippen molar-refractivity contribution in [2.45, 2.75) is 38.6 Å². The summed E-state index contributed by atoms with van der Waals surface area (Å²) in [5.74, 6) is 0.964. The number of rotatable bonds is 9. The van der Waals surface area contributed by atoms with Crippen molar-refractivity contribution in [3.8, 4) is 11.3 Å². The van der Waals surface area contributed by atoms with Gasteiger partial charge >= 0.3 is 0 Å². The summed E-state index contributed by atoms with van der Waals surface area (Å²) in [7, 11) is 1.67. The van der Waals surface area contributed by atoms with Crippen LogP contribution >= 0.6 is 0 Å². The van der Waals surface area contributed by atoms with Crippen molar-refractivity contribution in [2.75, 3.05) is 44.0 Å². The molecule has 0 aromatic carbocycles. The average molecular weight is 440 g/mol. The number of aromatic nitrogens is 6. The first-order valence-corrected chi connectivity index (χ1v) is 11.0. The summed E-state index contributed by atoms with van der Waals surface area (Å²) in [6.07, 6.45) is 9.66. The molecule has 1 fully saturated rings. The summed E-state index contributed by atoms with van der Waals surface area (Å²) in [6.45, 7) is 3.58. The number of nitrogens with zero attached hydrogens (tertiary/aromatic N) is 7. The second kappa shape index (κ2) is 10.3.